The largest absolute Gasteiger partial charge is 0.487 e. The molecule has 15 nitrogen and oxygen atoms in total. The van der Waals surface area contributed by atoms with Crippen molar-refractivity contribution in [3.63, 3.8) is 0 Å². The lowest BCUT2D eigenvalue weighted by Crippen LogP contribution is -2.16. The van der Waals surface area contributed by atoms with Crippen LogP contribution in [0.2, 0.25) is 0 Å². The molecule has 3 aromatic rings. The van der Waals surface area contributed by atoms with E-state index < -0.39 is 11.9 Å². The Bertz CT molecular complexity index is 1430. The second-order valence-electron chi connectivity index (χ2n) is 11.2. The SMILES string of the molecule is O=C1OCc2ccc3c(c2)OCCOCCOCCOCCOc2cc(ccc2OCCOCCOCCOCCO3)COC(=O)c2cccc1n2. The summed E-state index contributed by atoms with van der Waals surface area (Å²) in [6, 6.07) is 14.9. The zero-order valence-corrected chi connectivity index (χ0v) is 29.1. The van der Waals surface area contributed by atoms with Crippen molar-refractivity contribution in [3.8, 4) is 23.0 Å². The van der Waals surface area contributed by atoms with Crippen LogP contribution in [0.25, 0.3) is 0 Å². The Morgan fingerprint density at radius 3 is 1.06 bits per heavy atom. The molecule has 4 aliphatic rings. The van der Waals surface area contributed by atoms with Gasteiger partial charge in [-0.25, -0.2) is 14.6 Å². The Morgan fingerprint density at radius 1 is 0.365 bits per heavy atom. The first kappa shape index (κ1) is 38.7. The van der Waals surface area contributed by atoms with Crippen LogP contribution in [0.15, 0.2) is 54.6 Å². The van der Waals surface area contributed by atoms with Gasteiger partial charge in [-0.05, 0) is 47.5 Å². The van der Waals surface area contributed by atoms with E-state index in [9.17, 15) is 9.59 Å². The molecule has 0 fully saturated rings. The maximum atomic E-state index is 13.0. The van der Waals surface area contributed by atoms with E-state index >= 15 is 0 Å². The fourth-order valence-electron chi connectivity index (χ4n) is 4.78. The topological polar surface area (TPSA) is 158 Å². The third kappa shape index (κ3) is 13.6. The van der Waals surface area contributed by atoms with Crippen molar-refractivity contribution in [2.24, 2.45) is 0 Å². The van der Waals surface area contributed by atoms with Gasteiger partial charge in [0.15, 0.2) is 23.0 Å². The van der Waals surface area contributed by atoms with Gasteiger partial charge >= 0.3 is 11.9 Å². The number of fused-ring (bicyclic) bond motifs is 13. The molecule has 282 valence electrons. The maximum Gasteiger partial charge on any atom is 0.357 e. The van der Waals surface area contributed by atoms with Gasteiger partial charge < -0.3 is 56.8 Å². The standard InChI is InChI=1S/C37H45NO14/c39-36-30-2-1-3-31(38-30)37(40)52-27-29-5-7-33-35(25-29)50-23-19-46-15-11-42-10-14-45-18-22-49-34-24-28(26-51-36)4-6-32(34)47-20-16-43-12-8-41-9-13-44-17-21-48-33/h1-7,24-25H,8-23,26-27H2. The molecule has 0 atom stereocenters. The zero-order valence-electron chi connectivity index (χ0n) is 29.1. The number of nitrogens with zero attached hydrogens (tertiary/aromatic N) is 1. The normalized spacial score (nSPS) is 18.7. The molecule has 4 aliphatic heterocycles. The van der Waals surface area contributed by atoms with Crippen molar-refractivity contribution in [1.82, 2.24) is 4.98 Å². The summed E-state index contributed by atoms with van der Waals surface area (Å²) >= 11 is 0. The van der Waals surface area contributed by atoms with Crippen LogP contribution in [-0.2, 0) is 51.1 Å². The summed E-state index contributed by atoms with van der Waals surface area (Å²) < 4.78 is 68.8. The molecule has 0 saturated heterocycles. The molecule has 8 bridgehead atoms. The molecule has 0 amide bonds. The lowest BCUT2D eigenvalue weighted by Gasteiger charge is -2.16. The lowest BCUT2D eigenvalue weighted by molar-refractivity contribution is 0.00246. The molecule has 5 heterocycles. The minimum absolute atomic E-state index is 0.0476. The highest BCUT2D eigenvalue weighted by Crippen LogP contribution is 2.30. The van der Waals surface area contributed by atoms with E-state index in [2.05, 4.69) is 4.98 Å². The van der Waals surface area contributed by atoms with Crippen molar-refractivity contribution in [2.45, 2.75) is 13.2 Å². The van der Waals surface area contributed by atoms with E-state index in [4.69, 9.17) is 56.8 Å². The van der Waals surface area contributed by atoms with Gasteiger partial charge in [0.25, 0.3) is 0 Å². The first-order valence-electron chi connectivity index (χ1n) is 17.2. The van der Waals surface area contributed by atoms with E-state index in [1.807, 2.05) is 0 Å². The summed E-state index contributed by atoms with van der Waals surface area (Å²) in [5, 5.41) is 0. The zero-order chi connectivity index (χ0) is 36.1. The van der Waals surface area contributed by atoms with E-state index in [-0.39, 0.29) is 51.0 Å². The summed E-state index contributed by atoms with van der Waals surface area (Å²) in [5.41, 5.74) is 1.20. The Balaban J connectivity index is 1.34. The molecular formula is C37H45NO14. The summed E-state index contributed by atoms with van der Waals surface area (Å²) in [5.74, 6) is 0.442. The van der Waals surface area contributed by atoms with Crippen LogP contribution in [0.5, 0.6) is 23.0 Å². The first-order valence-corrected chi connectivity index (χ1v) is 17.2. The van der Waals surface area contributed by atoms with Gasteiger partial charge in [-0.3, -0.25) is 0 Å². The minimum atomic E-state index is -0.714. The van der Waals surface area contributed by atoms with Gasteiger partial charge in [-0.1, -0.05) is 18.2 Å². The van der Waals surface area contributed by atoms with Crippen LogP contribution in [0.1, 0.15) is 32.1 Å². The molecular weight excluding hydrogens is 682 g/mol. The van der Waals surface area contributed by atoms with Crippen molar-refractivity contribution in [1.29, 1.82) is 0 Å². The Hall–Kier alpha value is -4.51. The van der Waals surface area contributed by atoms with Crippen molar-refractivity contribution in [2.75, 3.05) is 106 Å². The van der Waals surface area contributed by atoms with Crippen LogP contribution in [0.3, 0.4) is 0 Å². The Labute approximate surface area is 302 Å². The molecule has 0 saturated carbocycles. The smallest absolute Gasteiger partial charge is 0.357 e. The van der Waals surface area contributed by atoms with Gasteiger partial charge in [0.2, 0.25) is 0 Å². The van der Waals surface area contributed by atoms with Crippen LogP contribution < -0.4 is 18.9 Å². The van der Waals surface area contributed by atoms with Gasteiger partial charge in [0.1, 0.15) is 51.0 Å². The number of benzene rings is 2. The number of pyridine rings is 1. The third-order valence-corrected chi connectivity index (χ3v) is 7.35. The first-order chi connectivity index (χ1) is 25.7. The van der Waals surface area contributed by atoms with E-state index in [1.54, 1.807) is 36.4 Å². The van der Waals surface area contributed by atoms with Gasteiger partial charge in [-0.2, -0.15) is 0 Å². The molecule has 0 aliphatic carbocycles. The lowest BCUT2D eigenvalue weighted by atomic mass is 10.2. The fourth-order valence-corrected chi connectivity index (χ4v) is 4.78. The molecule has 15 heteroatoms. The predicted octanol–water partition coefficient (Wildman–Crippen LogP) is 3.44. The maximum absolute atomic E-state index is 13.0. The van der Waals surface area contributed by atoms with Gasteiger partial charge in [-0.15, -0.1) is 0 Å². The number of rotatable bonds is 0. The number of aromatic nitrogens is 1. The van der Waals surface area contributed by atoms with E-state index in [1.165, 1.54) is 18.2 Å². The highest BCUT2D eigenvalue weighted by atomic mass is 16.6. The van der Waals surface area contributed by atoms with Crippen LogP contribution in [0.4, 0.5) is 0 Å². The highest BCUT2D eigenvalue weighted by Gasteiger charge is 2.17. The average Bonchev–Trinajstić information content (AvgIpc) is 3.16. The number of carbonyl (C=O) groups excluding carboxylic acids is 2. The third-order valence-electron chi connectivity index (χ3n) is 7.35. The van der Waals surface area contributed by atoms with E-state index in [0.29, 0.717) is 113 Å². The highest BCUT2D eigenvalue weighted by molar-refractivity contribution is 5.91. The molecule has 0 unspecified atom stereocenters. The minimum Gasteiger partial charge on any atom is -0.487 e. The number of hydrogen-bond donors (Lipinski definition) is 0. The molecule has 7 rings (SSSR count). The molecule has 1 aromatic heterocycles. The van der Waals surface area contributed by atoms with Crippen molar-refractivity contribution >= 4 is 11.9 Å². The second kappa shape index (κ2) is 22.4. The van der Waals surface area contributed by atoms with Gasteiger partial charge in [0, 0.05) is 0 Å². The quantitative estimate of drug-likeness (QED) is 0.245. The van der Waals surface area contributed by atoms with Crippen molar-refractivity contribution < 1.29 is 66.4 Å². The van der Waals surface area contributed by atoms with Crippen LogP contribution >= 0.6 is 0 Å². The van der Waals surface area contributed by atoms with Crippen LogP contribution in [0, 0.1) is 0 Å². The average molecular weight is 728 g/mol. The molecule has 0 N–H and O–H groups in total. The number of ether oxygens (including phenoxy) is 12. The Morgan fingerprint density at radius 2 is 0.692 bits per heavy atom. The molecule has 0 radical (unpaired) electrons. The summed E-state index contributed by atoms with van der Waals surface area (Å²) in [6.45, 7) is 5.24. The van der Waals surface area contributed by atoms with Crippen molar-refractivity contribution in [3.05, 3.63) is 77.1 Å². The Kier molecular flexibility index (Phi) is 16.7. The number of carbonyl (C=O) groups is 2. The molecule has 0 spiro atoms. The number of esters is 2. The molecule has 52 heavy (non-hydrogen) atoms. The monoisotopic (exact) mass is 727 g/mol. The van der Waals surface area contributed by atoms with Gasteiger partial charge in [0.05, 0.1) is 79.3 Å². The summed E-state index contributed by atoms with van der Waals surface area (Å²) in [7, 11) is 0. The van der Waals surface area contributed by atoms with E-state index in [0.717, 1.165) is 0 Å². The second-order valence-corrected chi connectivity index (χ2v) is 11.2. The fraction of sp³-hybridized carbons (Fsp3) is 0.486. The number of hydrogen-bond acceptors (Lipinski definition) is 15. The van der Waals surface area contributed by atoms with Crippen LogP contribution in [-0.4, -0.2) is 123 Å². The molecule has 2 aromatic carbocycles. The summed E-state index contributed by atoms with van der Waals surface area (Å²) in [6.07, 6.45) is 0. The predicted molar refractivity (Wildman–Crippen MR) is 182 cm³/mol. The summed E-state index contributed by atoms with van der Waals surface area (Å²) in [4.78, 5) is 30.1.